The van der Waals surface area contributed by atoms with Crippen LogP contribution in [0.1, 0.15) is 36.8 Å². The van der Waals surface area contributed by atoms with E-state index in [2.05, 4.69) is 30.9 Å². The Morgan fingerprint density at radius 1 is 0.706 bits per heavy atom. The number of methoxy groups -OCH3 is 2. The number of hydrogen-bond acceptors (Lipinski definition) is 9. The van der Waals surface area contributed by atoms with Gasteiger partial charge in [0.1, 0.15) is 11.5 Å². The molecule has 2 aromatic carbocycles. The fourth-order valence-corrected chi connectivity index (χ4v) is 3.89. The fraction of sp³-hybridized carbons (Fsp3) is 0.400. The van der Waals surface area contributed by atoms with E-state index in [1.54, 1.807) is 14.2 Å². The highest BCUT2D eigenvalue weighted by atomic mass is 16.5. The maximum atomic E-state index is 6.06. The summed E-state index contributed by atoms with van der Waals surface area (Å²) in [4.78, 5) is 13.8. The minimum atomic E-state index is 0.292. The van der Waals surface area contributed by atoms with E-state index in [-0.39, 0.29) is 0 Å². The van der Waals surface area contributed by atoms with Crippen LogP contribution in [0, 0.1) is 0 Å². The molecule has 0 unspecified atom stereocenters. The molecule has 0 radical (unpaired) electrons. The summed E-state index contributed by atoms with van der Waals surface area (Å²) >= 11 is 0. The Hall–Kier alpha value is -3.59. The Labute approximate surface area is 200 Å². The van der Waals surface area contributed by atoms with Gasteiger partial charge in [0.15, 0.2) is 0 Å². The Bertz CT molecular complexity index is 966. The molecule has 9 nitrogen and oxygen atoms in total. The Morgan fingerprint density at radius 2 is 1.15 bits per heavy atom. The molecular formula is C25H33N7O2. The van der Waals surface area contributed by atoms with Gasteiger partial charge in [0.25, 0.3) is 0 Å². The summed E-state index contributed by atoms with van der Waals surface area (Å²) in [6, 6.07) is 16.4. The number of ether oxygens (including phenoxy) is 2. The van der Waals surface area contributed by atoms with Crippen LogP contribution >= 0.6 is 0 Å². The molecule has 0 atom stereocenters. The molecule has 0 saturated heterocycles. The second kappa shape index (κ2) is 11.5. The smallest absolute Gasteiger partial charge is 0.229 e. The average Bonchev–Trinajstić information content (AvgIpc) is 2.88. The van der Waals surface area contributed by atoms with Crippen molar-refractivity contribution in [2.75, 3.05) is 30.2 Å². The van der Waals surface area contributed by atoms with Crippen LogP contribution in [-0.2, 0) is 13.1 Å². The zero-order valence-corrected chi connectivity index (χ0v) is 19.8. The molecule has 1 aromatic heterocycles. The quantitative estimate of drug-likeness (QED) is 0.356. The monoisotopic (exact) mass is 463 g/mol. The van der Waals surface area contributed by atoms with E-state index < -0.39 is 0 Å². The van der Waals surface area contributed by atoms with Gasteiger partial charge in [-0.3, -0.25) is 0 Å². The normalized spacial score (nSPS) is 17.6. The number of aromatic nitrogens is 3. The van der Waals surface area contributed by atoms with Crippen molar-refractivity contribution in [1.82, 2.24) is 15.0 Å². The first-order valence-electron chi connectivity index (χ1n) is 11.6. The van der Waals surface area contributed by atoms with Crippen LogP contribution in [0.4, 0.5) is 17.8 Å². The first-order valence-corrected chi connectivity index (χ1v) is 11.6. The molecule has 1 aliphatic carbocycles. The second-order valence-corrected chi connectivity index (χ2v) is 8.47. The lowest BCUT2D eigenvalue weighted by atomic mass is 9.92. The van der Waals surface area contributed by atoms with Gasteiger partial charge in [0, 0.05) is 25.2 Å². The van der Waals surface area contributed by atoms with E-state index in [1.165, 1.54) is 0 Å². The minimum absolute atomic E-state index is 0.292. The number of benzene rings is 2. The molecule has 9 heteroatoms. The Morgan fingerprint density at radius 3 is 1.59 bits per heavy atom. The van der Waals surface area contributed by atoms with Gasteiger partial charge in [0.2, 0.25) is 17.8 Å². The molecular weight excluding hydrogens is 430 g/mol. The van der Waals surface area contributed by atoms with Gasteiger partial charge in [0.05, 0.1) is 14.2 Å². The van der Waals surface area contributed by atoms with Crippen LogP contribution in [0.5, 0.6) is 11.5 Å². The van der Waals surface area contributed by atoms with Crippen LogP contribution in [0.25, 0.3) is 0 Å². The predicted molar refractivity (Wildman–Crippen MR) is 134 cm³/mol. The van der Waals surface area contributed by atoms with Crippen molar-refractivity contribution in [3.05, 3.63) is 59.7 Å². The van der Waals surface area contributed by atoms with E-state index >= 15 is 0 Å². The molecule has 34 heavy (non-hydrogen) atoms. The number of hydrogen-bond donors (Lipinski definition) is 4. The van der Waals surface area contributed by atoms with Crippen molar-refractivity contribution in [2.24, 2.45) is 5.73 Å². The molecule has 0 aliphatic heterocycles. The SMILES string of the molecule is COc1ccc(CNc2nc(NCc3ccc(OC)cc3)nc(NC3CCC(N)CC3)n2)cc1. The van der Waals surface area contributed by atoms with Crippen LogP contribution in [0.2, 0.25) is 0 Å². The number of nitrogens with zero attached hydrogens (tertiary/aromatic N) is 3. The lowest BCUT2D eigenvalue weighted by Crippen LogP contribution is -2.33. The number of anilines is 3. The summed E-state index contributed by atoms with van der Waals surface area (Å²) in [6.45, 7) is 1.17. The van der Waals surface area contributed by atoms with E-state index in [9.17, 15) is 0 Å². The molecule has 5 N–H and O–H groups in total. The lowest BCUT2D eigenvalue weighted by molar-refractivity contribution is 0.410. The third-order valence-corrected chi connectivity index (χ3v) is 5.96. The topological polar surface area (TPSA) is 119 Å². The third-order valence-electron chi connectivity index (χ3n) is 5.96. The van der Waals surface area contributed by atoms with Crippen LogP contribution in [0.3, 0.4) is 0 Å². The molecule has 0 amide bonds. The fourth-order valence-electron chi connectivity index (χ4n) is 3.89. The van der Waals surface area contributed by atoms with Crippen LogP contribution in [0.15, 0.2) is 48.5 Å². The van der Waals surface area contributed by atoms with Gasteiger partial charge in [-0.25, -0.2) is 0 Å². The van der Waals surface area contributed by atoms with E-state index in [4.69, 9.17) is 15.2 Å². The van der Waals surface area contributed by atoms with Gasteiger partial charge >= 0.3 is 0 Å². The van der Waals surface area contributed by atoms with Crippen molar-refractivity contribution >= 4 is 17.8 Å². The molecule has 1 heterocycles. The highest BCUT2D eigenvalue weighted by Crippen LogP contribution is 2.21. The van der Waals surface area contributed by atoms with Crippen molar-refractivity contribution in [1.29, 1.82) is 0 Å². The van der Waals surface area contributed by atoms with Crippen molar-refractivity contribution in [3.8, 4) is 11.5 Å². The minimum Gasteiger partial charge on any atom is -0.497 e. The van der Waals surface area contributed by atoms with E-state index in [0.29, 0.717) is 43.0 Å². The molecule has 3 aromatic rings. The largest absolute Gasteiger partial charge is 0.497 e. The predicted octanol–water partition coefficient (Wildman–Crippen LogP) is 3.79. The number of nitrogens with two attached hydrogens (primary N) is 1. The van der Waals surface area contributed by atoms with Gasteiger partial charge in [-0.15, -0.1) is 0 Å². The van der Waals surface area contributed by atoms with Gasteiger partial charge in [-0.2, -0.15) is 15.0 Å². The molecule has 1 aliphatic rings. The van der Waals surface area contributed by atoms with Crippen LogP contribution in [-0.4, -0.2) is 41.3 Å². The molecule has 0 bridgehead atoms. The first kappa shape index (κ1) is 23.6. The van der Waals surface area contributed by atoms with Gasteiger partial charge in [-0.05, 0) is 61.1 Å². The zero-order valence-electron chi connectivity index (χ0n) is 19.8. The Balaban J connectivity index is 1.46. The summed E-state index contributed by atoms with van der Waals surface area (Å²) < 4.78 is 10.5. The van der Waals surface area contributed by atoms with Crippen LogP contribution < -0.4 is 31.2 Å². The average molecular weight is 464 g/mol. The van der Waals surface area contributed by atoms with Crippen molar-refractivity contribution in [3.63, 3.8) is 0 Å². The highest BCUT2D eigenvalue weighted by molar-refractivity contribution is 5.44. The van der Waals surface area contributed by atoms with E-state index in [0.717, 1.165) is 48.3 Å². The summed E-state index contributed by atoms with van der Waals surface area (Å²) in [7, 11) is 3.32. The van der Waals surface area contributed by atoms with Crippen molar-refractivity contribution in [2.45, 2.75) is 50.9 Å². The lowest BCUT2D eigenvalue weighted by Gasteiger charge is -2.26. The Kier molecular flexibility index (Phi) is 7.98. The molecule has 1 fully saturated rings. The van der Waals surface area contributed by atoms with E-state index in [1.807, 2.05) is 48.5 Å². The third kappa shape index (κ3) is 6.71. The molecule has 0 spiro atoms. The first-order chi connectivity index (χ1) is 16.6. The van der Waals surface area contributed by atoms with Gasteiger partial charge in [-0.1, -0.05) is 24.3 Å². The highest BCUT2D eigenvalue weighted by Gasteiger charge is 2.19. The molecule has 180 valence electrons. The summed E-state index contributed by atoms with van der Waals surface area (Å²) in [5, 5.41) is 10.1. The van der Waals surface area contributed by atoms with Crippen molar-refractivity contribution < 1.29 is 9.47 Å². The van der Waals surface area contributed by atoms with Gasteiger partial charge < -0.3 is 31.2 Å². The molecule has 4 rings (SSSR count). The standard InChI is InChI=1S/C25H33N7O2/c1-33-21-11-3-17(4-12-21)15-27-23-30-24(28-16-18-5-13-22(34-2)14-6-18)32-25(31-23)29-20-9-7-19(26)8-10-20/h3-6,11-14,19-20H,7-10,15-16,26H2,1-2H3,(H3,27,28,29,30,31,32). The second-order valence-electron chi connectivity index (χ2n) is 8.47. The summed E-state index contributed by atoms with van der Waals surface area (Å²) in [5.74, 6) is 3.24. The number of nitrogens with one attached hydrogen (secondary N) is 3. The zero-order chi connectivity index (χ0) is 23.8. The summed E-state index contributed by atoms with van der Waals surface area (Å²) in [5.41, 5.74) is 8.26. The molecule has 1 saturated carbocycles. The summed E-state index contributed by atoms with van der Waals surface area (Å²) in [6.07, 6.45) is 4.04. The maximum absolute atomic E-state index is 6.06. The number of rotatable bonds is 10. The maximum Gasteiger partial charge on any atom is 0.229 e.